The van der Waals surface area contributed by atoms with Crippen molar-refractivity contribution in [3.8, 4) is 5.75 Å². The van der Waals surface area contributed by atoms with Gasteiger partial charge < -0.3 is 14.9 Å². The van der Waals surface area contributed by atoms with Crippen molar-refractivity contribution < 1.29 is 9.15 Å². The summed E-state index contributed by atoms with van der Waals surface area (Å²) in [6.45, 7) is 4.17. The Labute approximate surface area is 114 Å². The lowest BCUT2D eigenvalue weighted by atomic mass is 10.1. The molecule has 0 fully saturated rings. The van der Waals surface area contributed by atoms with Gasteiger partial charge in [0.15, 0.2) is 6.10 Å². The van der Waals surface area contributed by atoms with Crippen LogP contribution in [0.5, 0.6) is 5.75 Å². The van der Waals surface area contributed by atoms with Gasteiger partial charge >= 0.3 is 0 Å². The minimum absolute atomic E-state index is 0.0870. The molecule has 2 rings (SSSR count). The minimum atomic E-state index is -0.243. The molecule has 0 bridgehead atoms. The van der Waals surface area contributed by atoms with E-state index >= 15 is 0 Å². The maximum absolute atomic E-state index is 6.16. The van der Waals surface area contributed by atoms with Crippen LogP contribution in [0.3, 0.4) is 0 Å². The summed E-state index contributed by atoms with van der Waals surface area (Å²) in [6.07, 6.45) is 3.18. The van der Waals surface area contributed by atoms with Gasteiger partial charge in [-0.3, -0.25) is 0 Å². The number of para-hydroxylation sites is 1. The predicted octanol–water partition coefficient (Wildman–Crippen LogP) is 3.70. The molecule has 0 radical (unpaired) electrons. The lowest BCUT2D eigenvalue weighted by Crippen LogP contribution is -2.31. The van der Waals surface area contributed by atoms with Gasteiger partial charge in [-0.25, -0.2) is 0 Å². The van der Waals surface area contributed by atoms with Gasteiger partial charge in [0, 0.05) is 6.04 Å². The highest BCUT2D eigenvalue weighted by atomic mass is 16.5. The van der Waals surface area contributed by atoms with Crippen LogP contribution in [0.2, 0.25) is 0 Å². The Morgan fingerprint density at radius 1 is 1.16 bits per heavy atom. The average molecular weight is 259 g/mol. The number of benzene rings is 1. The maximum atomic E-state index is 6.16. The first kappa shape index (κ1) is 13.7. The van der Waals surface area contributed by atoms with Crippen LogP contribution < -0.4 is 10.5 Å². The predicted molar refractivity (Wildman–Crippen MR) is 76.2 cm³/mol. The van der Waals surface area contributed by atoms with Crippen LogP contribution in [0.4, 0.5) is 0 Å². The smallest absolute Gasteiger partial charge is 0.171 e. The molecule has 1 aromatic heterocycles. The Morgan fingerprint density at radius 3 is 2.58 bits per heavy atom. The third-order valence-corrected chi connectivity index (χ3v) is 3.29. The van der Waals surface area contributed by atoms with Crippen molar-refractivity contribution in [3.05, 3.63) is 54.0 Å². The van der Waals surface area contributed by atoms with E-state index in [-0.39, 0.29) is 12.1 Å². The molecular formula is C16H21NO2. The first-order valence-corrected chi connectivity index (χ1v) is 6.79. The summed E-state index contributed by atoms with van der Waals surface area (Å²) < 4.78 is 11.6. The molecule has 2 atom stereocenters. The van der Waals surface area contributed by atoms with E-state index in [0.29, 0.717) is 0 Å². The normalized spacial score (nSPS) is 14.1. The van der Waals surface area contributed by atoms with E-state index in [2.05, 4.69) is 19.9 Å². The van der Waals surface area contributed by atoms with Crippen LogP contribution in [0.15, 0.2) is 47.1 Å². The Balaban J connectivity index is 2.25. The van der Waals surface area contributed by atoms with Crippen molar-refractivity contribution in [2.24, 2.45) is 5.73 Å². The van der Waals surface area contributed by atoms with Gasteiger partial charge in [-0.1, -0.05) is 32.0 Å². The molecule has 1 heterocycles. The standard InChI is InChI=1S/C16H21NO2/c1-3-12-8-5-6-9-14(12)19-16(13(17)4-2)15-10-7-11-18-15/h5-11,13,16H,3-4,17H2,1-2H3. The number of ether oxygens (including phenoxy) is 1. The van der Waals surface area contributed by atoms with Gasteiger partial charge in [0.25, 0.3) is 0 Å². The third-order valence-electron chi connectivity index (χ3n) is 3.29. The summed E-state index contributed by atoms with van der Waals surface area (Å²) in [5.41, 5.74) is 7.35. The highest BCUT2D eigenvalue weighted by molar-refractivity contribution is 5.33. The van der Waals surface area contributed by atoms with Gasteiger partial charge in [-0.15, -0.1) is 0 Å². The Morgan fingerprint density at radius 2 is 1.95 bits per heavy atom. The van der Waals surface area contributed by atoms with E-state index in [4.69, 9.17) is 14.9 Å². The average Bonchev–Trinajstić information content (AvgIpc) is 2.98. The van der Waals surface area contributed by atoms with Gasteiger partial charge in [0.1, 0.15) is 11.5 Å². The summed E-state index contributed by atoms with van der Waals surface area (Å²) in [7, 11) is 0. The van der Waals surface area contributed by atoms with Crippen LogP contribution in [0, 0.1) is 0 Å². The van der Waals surface area contributed by atoms with Crippen LogP contribution in [0.25, 0.3) is 0 Å². The fourth-order valence-electron chi connectivity index (χ4n) is 2.07. The highest BCUT2D eigenvalue weighted by Crippen LogP contribution is 2.28. The first-order valence-electron chi connectivity index (χ1n) is 6.79. The summed E-state index contributed by atoms with van der Waals surface area (Å²) >= 11 is 0. The zero-order valence-corrected chi connectivity index (χ0v) is 11.5. The molecule has 0 spiro atoms. The lowest BCUT2D eigenvalue weighted by molar-refractivity contribution is 0.143. The van der Waals surface area contributed by atoms with E-state index in [1.165, 1.54) is 5.56 Å². The Kier molecular flexibility index (Phi) is 4.63. The van der Waals surface area contributed by atoms with Gasteiger partial charge in [-0.2, -0.15) is 0 Å². The van der Waals surface area contributed by atoms with Crippen molar-refractivity contribution in [1.29, 1.82) is 0 Å². The summed E-state index contributed by atoms with van der Waals surface area (Å²) in [5, 5.41) is 0. The summed E-state index contributed by atoms with van der Waals surface area (Å²) in [5.74, 6) is 1.66. The van der Waals surface area contributed by atoms with E-state index in [0.717, 1.165) is 24.4 Å². The number of hydrogen-bond donors (Lipinski definition) is 1. The SMILES string of the molecule is CCc1ccccc1OC(c1ccco1)C(N)CC. The molecule has 0 aliphatic carbocycles. The molecule has 0 aliphatic rings. The second kappa shape index (κ2) is 6.43. The van der Waals surface area contributed by atoms with Crippen LogP contribution in [-0.4, -0.2) is 6.04 Å². The molecule has 19 heavy (non-hydrogen) atoms. The van der Waals surface area contributed by atoms with Crippen LogP contribution in [-0.2, 0) is 6.42 Å². The third kappa shape index (κ3) is 3.18. The van der Waals surface area contributed by atoms with Gasteiger partial charge in [0.05, 0.1) is 6.26 Å². The molecule has 1 aromatic carbocycles. The number of hydrogen-bond acceptors (Lipinski definition) is 3. The minimum Gasteiger partial charge on any atom is -0.481 e. The molecule has 0 amide bonds. The van der Waals surface area contributed by atoms with Crippen LogP contribution in [0.1, 0.15) is 37.7 Å². The highest BCUT2D eigenvalue weighted by Gasteiger charge is 2.23. The number of nitrogens with two attached hydrogens (primary N) is 1. The topological polar surface area (TPSA) is 48.4 Å². The molecular weight excluding hydrogens is 238 g/mol. The van der Waals surface area contributed by atoms with Crippen molar-refractivity contribution >= 4 is 0 Å². The van der Waals surface area contributed by atoms with E-state index in [1.807, 2.05) is 30.3 Å². The van der Waals surface area contributed by atoms with Crippen molar-refractivity contribution in [2.75, 3.05) is 0 Å². The fraction of sp³-hybridized carbons (Fsp3) is 0.375. The van der Waals surface area contributed by atoms with Crippen molar-refractivity contribution in [1.82, 2.24) is 0 Å². The largest absolute Gasteiger partial charge is 0.481 e. The monoisotopic (exact) mass is 259 g/mol. The zero-order chi connectivity index (χ0) is 13.7. The summed E-state index contributed by atoms with van der Waals surface area (Å²) in [4.78, 5) is 0. The maximum Gasteiger partial charge on any atom is 0.171 e. The van der Waals surface area contributed by atoms with Crippen molar-refractivity contribution in [3.63, 3.8) is 0 Å². The Hall–Kier alpha value is -1.74. The second-order valence-corrected chi connectivity index (χ2v) is 4.59. The van der Waals surface area contributed by atoms with Gasteiger partial charge in [-0.05, 0) is 36.6 Å². The molecule has 0 saturated carbocycles. The first-order chi connectivity index (χ1) is 9.26. The van der Waals surface area contributed by atoms with E-state index in [9.17, 15) is 0 Å². The molecule has 2 aromatic rings. The van der Waals surface area contributed by atoms with Crippen LogP contribution >= 0.6 is 0 Å². The summed E-state index contributed by atoms with van der Waals surface area (Å²) in [6, 6.07) is 11.7. The Bertz CT molecular complexity index is 493. The number of furan rings is 1. The number of aryl methyl sites for hydroxylation is 1. The van der Waals surface area contributed by atoms with Crippen molar-refractivity contribution in [2.45, 2.75) is 38.8 Å². The fourth-order valence-corrected chi connectivity index (χ4v) is 2.07. The van der Waals surface area contributed by atoms with Gasteiger partial charge in [0.2, 0.25) is 0 Å². The number of rotatable bonds is 6. The molecule has 3 nitrogen and oxygen atoms in total. The molecule has 0 aliphatic heterocycles. The molecule has 102 valence electrons. The molecule has 3 heteroatoms. The second-order valence-electron chi connectivity index (χ2n) is 4.59. The quantitative estimate of drug-likeness (QED) is 0.860. The van der Waals surface area contributed by atoms with E-state index in [1.54, 1.807) is 6.26 Å². The molecule has 2 unspecified atom stereocenters. The molecule has 2 N–H and O–H groups in total. The molecule has 0 saturated heterocycles. The lowest BCUT2D eigenvalue weighted by Gasteiger charge is -2.23. The van der Waals surface area contributed by atoms with E-state index < -0.39 is 0 Å². The zero-order valence-electron chi connectivity index (χ0n) is 11.5.